The molecule has 1 N–H and O–H groups in total. The molecule has 0 aliphatic carbocycles. The van der Waals surface area contributed by atoms with Crippen LogP contribution in [0.15, 0.2) is 37.1 Å². The Labute approximate surface area is 211 Å². The van der Waals surface area contributed by atoms with Crippen LogP contribution in [-0.2, 0) is 17.8 Å². The number of hydrogen-bond acceptors (Lipinski definition) is 5. The number of benzene rings is 1. The fourth-order valence-corrected chi connectivity index (χ4v) is 6.48. The summed E-state index contributed by atoms with van der Waals surface area (Å²) in [5, 5.41) is 12.2. The molecule has 2 aromatic heterocycles. The van der Waals surface area contributed by atoms with Crippen molar-refractivity contribution in [3.8, 4) is 17.2 Å². The summed E-state index contributed by atoms with van der Waals surface area (Å²) in [4.78, 5) is 13.3. The van der Waals surface area contributed by atoms with Crippen molar-refractivity contribution in [3.63, 3.8) is 0 Å². The number of H-pyrrole nitrogens is 1. The van der Waals surface area contributed by atoms with Crippen LogP contribution in [0.5, 0.6) is 0 Å². The molecule has 0 atom stereocenters. The Morgan fingerprint density at radius 2 is 2.09 bits per heavy atom. The standard InChI is InChI=1S/C28H30ClN5O/c1-4-10-33-15-28(16-33)8-11-34(17-28)26-19(13-30)23(20-14-35-27(2,3)12-22(20)32-26)24-21(29)6-5-18-7-9-31-25(18)24/h4-7,9,31H,1,8,10-12,14-17H2,2-3H3. The van der Waals surface area contributed by atoms with E-state index >= 15 is 0 Å². The van der Waals surface area contributed by atoms with E-state index in [4.69, 9.17) is 21.3 Å². The van der Waals surface area contributed by atoms with Gasteiger partial charge in [-0.25, -0.2) is 4.98 Å². The van der Waals surface area contributed by atoms with Gasteiger partial charge >= 0.3 is 0 Å². The maximum absolute atomic E-state index is 10.5. The number of halogens is 1. The molecule has 2 fully saturated rings. The van der Waals surface area contributed by atoms with Crippen LogP contribution in [0, 0.1) is 16.7 Å². The highest BCUT2D eigenvalue weighted by Crippen LogP contribution is 2.47. The van der Waals surface area contributed by atoms with Crippen molar-refractivity contribution in [2.24, 2.45) is 5.41 Å². The minimum absolute atomic E-state index is 0.271. The Kier molecular flexibility index (Phi) is 5.23. The Bertz CT molecular complexity index is 1380. The highest BCUT2D eigenvalue weighted by molar-refractivity contribution is 6.35. The number of rotatable bonds is 4. The number of nitriles is 1. The third-order valence-corrected chi connectivity index (χ3v) is 8.16. The summed E-state index contributed by atoms with van der Waals surface area (Å²) >= 11 is 6.84. The van der Waals surface area contributed by atoms with Gasteiger partial charge in [-0.15, -0.1) is 6.58 Å². The Morgan fingerprint density at radius 1 is 1.26 bits per heavy atom. The second-order valence-corrected chi connectivity index (χ2v) is 11.3. The molecular weight excluding hydrogens is 458 g/mol. The van der Waals surface area contributed by atoms with Crippen LogP contribution in [-0.4, -0.2) is 53.2 Å². The molecule has 6 rings (SSSR count). The number of ether oxygens (including phenoxy) is 1. The van der Waals surface area contributed by atoms with E-state index in [0.717, 1.165) is 78.2 Å². The maximum Gasteiger partial charge on any atom is 0.147 e. The van der Waals surface area contributed by atoms with Crippen molar-refractivity contribution in [3.05, 3.63) is 58.9 Å². The molecule has 1 spiro atoms. The van der Waals surface area contributed by atoms with Gasteiger partial charge in [-0.3, -0.25) is 4.90 Å². The molecule has 3 aromatic rings. The smallest absolute Gasteiger partial charge is 0.147 e. The van der Waals surface area contributed by atoms with Crippen LogP contribution in [0.4, 0.5) is 5.82 Å². The fourth-order valence-electron chi connectivity index (χ4n) is 6.23. The van der Waals surface area contributed by atoms with E-state index in [-0.39, 0.29) is 11.0 Å². The zero-order chi connectivity index (χ0) is 24.4. The van der Waals surface area contributed by atoms with Crippen LogP contribution in [0.1, 0.15) is 37.1 Å². The topological polar surface area (TPSA) is 68.2 Å². The number of fused-ring (bicyclic) bond motifs is 2. The zero-order valence-electron chi connectivity index (χ0n) is 20.3. The van der Waals surface area contributed by atoms with Gasteiger partial charge in [0.15, 0.2) is 0 Å². The van der Waals surface area contributed by atoms with E-state index in [2.05, 4.69) is 41.3 Å². The van der Waals surface area contributed by atoms with Crippen molar-refractivity contribution < 1.29 is 4.74 Å². The lowest BCUT2D eigenvalue weighted by Crippen LogP contribution is -2.57. The first kappa shape index (κ1) is 22.6. The highest BCUT2D eigenvalue weighted by atomic mass is 35.5. The van der Waals surface area contributed by atoms with E-state index in [0.29, 0.717) is 23.6 Å². The van der Waals surface area contributed by atoms with Gasteiger partial charge < -0.3 is 14.6 Å². The van der Waals surface area contributed by atoms with Crippen LogP contribution in [0.2, 0.25) is 5.02 Å². The highest BCUT2D eigenvalue weighted by Gasteiger charge is 2.48. The first-order valence-corrected chi connectivity index (χ1v) is 12.6. The molecular formula is C28H30ClN5O. The second-order valence-electron chi connectivity index (χ2n) is 10.9. The molecule has 0 unspecified atom stereocenters. The predicted molar refractivity (Wildman–Crippen MR) is 140 cm³/mol. The average Bonchev–Trinajstić information content (AvgIpc) is 3.45. The van der Waals surface area contributed by atoms with Gasteiger partial charge in [0.25, 0.3) is 0 Å². The van der Waals surface area contributed by atoms with E-state index in [9.17, 15) is 5.26 Å². The quantitative estimate of drug-likeness (QED) is 0.505. The summed E-state index contributed by atoms with van der Waals surface area (Å²) in [6.07, 6.45) is 5.69. The van der Waals surface area contributed by atoms with E-state index in [1.165, 1.54) is 0 Å². The van der Waals surface area contributed by atoms with Gasteiger partial charge in [0, 0.05) is 72.8 Å². The van der Waals surface area contributed by atoms with Crippen LogP contribution >= 0.6 is 11.6 Å². The molecule has 7 heteroatoms. The molecule has 1 aromatic carbocycles. The molecule has 0 bridgehead atoms. The monoisotopic (exact) mass is 487 g/mol. The molecule has 0 saturated carbocycles. The van der Waals surface area contributed by atoms with Gasteiger partial charge in [-0.05, 0) is 32.4 Å². The summed E-state index contributed by atoms with van der Waals surface area (Å²) in [6, 6.07) is 8.49. The third kappa shape index (κ3) is 3.65. The fraction of sp³-hybridized carbons (Fsp3) is 0.429. The van der Waals surface area contributed by atoms with E-state index in [1.807, 2.05) is 30.5 Å². The van der Waals surface area contributed by atoms with E-state index < -0.39 is 0 Å². The molecule has 2 saturated heterocycles. The lowest BCUT2D eigenvalue weighted by Gasteiger charge is -2.47. The van der Waals surface area contributed by atoms with Crippen molar-refractivity contribution in [2.45, 2.75) is 38.9 Å². The van der Waals surface area contributed by atoms with Gasteiger partial charge in [0.1, 0.15) is 17.5 Å². The SMILES string of the molecule is C=CCN1CC2(CCN(c3nc4c(c(-c5c(Cl)ccc6cc[nH]c56)c3C#N)COC(C)(C)C4)C2)C1. The number of nitrogens with zero attached hydrogens (tertiary/aromatic N) is 4. The number of aromatic amines is 1. The van der Waals surface area contributed by atoms with E-state index in [1.54, 1.807) is 0 Å². The molecule has 35 heavy (non-hydrogen) atoms. The third-order valence-electron chi connectivity index (χ3n) is 7.85. The van der Waals surface area contributed by atoms with Gasteiger partial charge in [-0.2, -0.15) is 5.26 Å². The van der Waals surface area contributed by atoms with Crippen molar-refractivity contribution in [1.29, 1.82) is 5.26 Å². The Balaban J connectivity index is 1.51. The van der Waals surface area contributed by atoms with Crippen molar-refractivity contribution in [1.82, 2.24) is 14.9 Å². The maximum atomic E-state index is 10.5. The molecule has 0 amide bonds. The molecule has 6 nitrogen and oxygen atoms in total. The summed E-state index contributed by atoms with van der Waals surface area (Å²) in [5.41, 5.74) is 5.21. The summed E-state index contributed by atoms with van der Waals surface area (Å²) in [5.74, 6) is 0.789. The lowest BCUT2D eigenvalue weighted by molar-refractivity contribution is -0.0410. The van der Waals surface area contributed by atoms with Crippen LogP contribution in [0.3, 0.4) is 0 Å². The largest absolute Gasteiger partial charge is 0.370 e. The summed E-state index contributed by atoms with van der Waals surface area (Å²) in [6.45, 7) is 13.4. The molecule has 3 aliphatic rings. The van der Waals surface area contributed by atoms with Crippen LogP contribution in [0.25, 0.3) is 22.0 Å². The molecule has 5 heterocycles. The number of anilines is 1. The lowest BCUT2D eigenvalue weighted by atomic mass is 9.79. The number of nitrogens with one attached hydrogen (secondary N) is 1. The Morgan fingerprint density at radius 3 is 2.86 bits per heavy atom. The first-order chi connectivity index (χ1) is 16.8. The zero-order valence-corrected chi connectivity index (χ0v) is 21.1. The number of likely N-dealkylation sites (tertiary alicyclic amines) is 1. The normalized spacial score (nSPS) is 20.6. The molecule has 3 aliphatic heterocycles. The minimum atomic E-state index is -0.309. The predicted octanol–water partition coefficient (Wildman–Crippen LogP) is 5.30. The van der Waals surface area contributed by atoms with Crippen molar-refractivity contribution >= 4 is 28.3 Å². The number of hydrogen-bond donors (Lipinski definition) is 1. The summed E-state index contributed by atoms with van der Waals surface area (Å²) in [7, 11) is 0. The van der Waals surface area contributed by atoms with Gasteiger partial charge in [0.05, 0.1) is 28.4 Å². The second kappa shape index (κ2) is 8.09. The van der Waals surface area contributed by atoms with Crippen molar-refractivity contribution in [2.75, 3.05) is 37.6 Å². The number of aromatic nitrogens is 2. The number of pyridine rings is 1. The average molecular weight is 488 g/mol. The molecule has 180 valence electrons. The van der Waals surface area contributed by atoms with Gasteiger partial charge in [-0.1, -0.05) is 23.7 Å². The Hall–Kier alpha value is -2.85. The first-order valence-electron chi connectivity index (χ1n) is 12.3. The van der Waals surface area contributed by atoms with Gasteiger partial charge in [0.2, 0.25) is 0 Å². The van der Waals surface area contributed by atoms with Crippen LogP contribution < -0.4 is 4.90 Å². The summed E-state index contributed by atoms with van der Waals surface area (Å²) < 4.78 is 6.22. The molecule has 0 radical (unpaired) electrons. The minimum Gasteiger partial charge on any atom is -0.370 e.